The Morgan fingerprint density at radius 3 is 2.83 bits per heavy atom. The van der Waals surface area contributed by atoms with Crippen molar-refractivity contribution in [3.05, 3.63) is 30.1 Å². The molecule has 1 saturated heterocycles. The van der Waals surface area contributed by atoms with E-state index in [0.29, 0.717) is 25.6 Å². The number of rotatable bonds is 7. The van der Waals surface area contributed by atoms with E-state index >= 15 is 0 Å². The van der Waals surface area contributed by atoms with E-state index in [9.17, 15) is 5.11 Å². The first-order valence-electron chi connectivity index (χ1n) is 8.53. The molecule has 1 unspecified atom stereocenters. The molecule has 0 radical (unpaired) electrons. The van der Waals surface area contributed by atoms with Gasteiger partial charge in [0, 0.05) is 38.9 Å². The number of ether oxygens (including phenoxy) is 1. The third kappa shape index (κ3) is 6.82. The molecule has 0 amide bonds. The molecule has 1 atom stereocenters. The maximum absolute atomic E-state index is 10.6. The number of nitrogens with zero attached hydrogens (tertiary/aromatic N) is 3. The van der Waals surface area contributed by atoms with Crippen LogP contribution in [0.25, 0.3) is 0 Å². The lowest BCUT2D eigenvalue weighted by Gasteiger charge is -2.34. The molecule has 0 saturated carbocycles. The molecule has 1 aromatic rings. The minimum atomic E-state index is -0.835. The second-order valence-electron chi connectivity index (χ2n) is 6.26. The van der Waals surface area contributed by atoms with Crippen molar-refractivity contribution in [3.63, 3.8) is 0 Å². The molecule has 3 N–H and O–H groups in total. The Morgan fingerprint density at radius 1 is 1.38 bits per heavy atom. The van der Waals surface area contributed by atoms with Crippen molar-refractivity contribution < 1.29 is 9.84 Å². The number of morpholine rings is 1. The number of hydrogen-bond donors (Lipinski definition) is 3. The summed E-state index contributed by atoms with van der Waals surface area (Å²) >= 11 is 0. The van der Waals surface area contributed by atoms with Crippen LogP contribution in [0.1, 0.15) is 19.5 Å². The number of hydrogen-bond acceptors (Lipinski definition) is 5. The fourth-order valence-corrected chi connectivity index (χ4v) is 2.56. The van der Waals surface area contributed by atoms with Gasteiger partial charge in [0.05, 0.1) is 31.1 Å². The van der Waals surface area contributed by atoms with Crippen LogP contribution in [0.4, 0.5) is 0 Å². The van der Waals surface area contributed by atoms with E-state index < -0.39 is 5.60 Å². The maximum atomic E-state index is 10.6. The standard InChI is InChI=1S/C17H29N5O2/c1-3-18-16(20-12-15-6-4-5-7-19-15)21-13-17(2,23)14-22-8-10-24-11-9-22/h4-7,23H,3,8-14H2,1-2H3,(H2,18,20,21). The highest BCUT2D eigenvalue weighted by Gasteiger charge is 2.25. The van der Waals surface area contributed by atoms with Crippen LogP contribution in [0, 0.1) is 0 Å². The van der Waals surface area contributed by atoms with Crippen molar-refractivity contribution in [2.45, 2.75) is 26.0 Å². The molecule has 2 heterocycles. The molecule has 24 heavy (non-hydrogen) atoms. The highest BCUT2D eigenvalue weighted by molar-refractivity contribution is 5.79. The Balaban J connectivity index is 1.84. The largest absolute Gasteiger partial charge is 0.387 e. The zero-order valence-corrected chi connectivity index (χ0v) is 14.7. The van der Waals surface area contributed by atoms with Crippen molar-refractivity contribution in [1.29, 1.82) is 0 Å². The van der Waals surface area contributed by atoms with Gasteiger partial charge in [-0.1, -0.05) is 6.07 Å². The average Bonchev–Trinajstić information content (AvgIpc) is 2.59. The number of aromatic nitrogens is 1. The highest BCUT2D eigenvalue weighted by atomic mass is 16.5. The molecule has 7 heteroatoms. The molecule has 1 aliphatic heterocycles. The second kappa shape index (κ2) is 9.56. The third-order valence-electron chi connectivity index (χ3n) is 3.77. The van der Waals surface area contributed by atoms with Crippen LogP contribution in [-0.2, 0) is 11.3 Å². The lowest BCUT2D eigenvalue weighted by Crippen LogP contribution is -2.52. The first-order chi connectivity index (χ1) is 11.6. The Bertz CT molecular complexity index is 501. The monoisotopic (exact) mass is 335 g/mol. The van der Waals surface area contributed by atoms with Gasteiger partial charge < -0.3 is 20.5 Å². The molecule has 1 aromatic heterocycles. The van der Waals surface area contributed by atoms with Gasteiger partial charge in [-0.2, -0.15) is 0 Å². The van der Waals surface area contributed by atoms with Crippen LogP contribution >= 0.6 is 0 Å². The van der Waals surface area contributed by atoms with Gasteiger partial charge in [0.2, 0.25) is 0 Å². The van der Waals surface area contributed by atoms with Gasteiger partial charge in [-0.3, -0.25) is 9.88 Å². The summed E-state index contributed by atoms with van der Waals surface area (Å²) in [4.78, 5) is 11.0. The summed E-state index contributed by atoms with van der Waals surface area (Å²) in [7, 11) is 0. The van der Waals surface area contributed by atoms with E-state index in [-0.39, 0.29) is 0 Å². The summed E-state index contributed by atoms with van der Waals surface area (Å²) in [6, 6.07) is 5.78. The molecule has 0 aromatic carbocycles. The van der Waals surface area contributed by atoms with Crippen LogP contribution in [0.5, 0.6) is 0 Å². The summed E-state index contributed by atoms with van der Waals surface area (Å²) in [6.07, 6.45) is 1.76. The number of aliphatic hydroxyl groups is 1. The van der Waals surface area contributed by atoms with E-state index in [4.69, 9.17) is 4.74 Å². The number of aliphatic imine (C=N–C) groups is 1. The molecule has 0 aliphatic carbocycles. The smallest absolute Gasteiger partial charge is 0.191 e. The van der Waals surface area contributed by atoms with E-state index in [2.05, 4.69) is 25.5 Å². The van der Waals surface area contributed by atoms with Crippen LogP contribution in [0.2, 0.25) is 0 Å². The van der Waals surface area contributed by atoms with E-state index in [1.54, 1.807) is 6.20 Å². The van der Waals surface area contributed by atoms with Gasteiger partial charge >= 0.3 is 0 Å². The second-order valence-corrected chi connectivity index (χ2v) is 6.26. The molecular formula is C17H29N5O2. The van der Waals surface area contributed by atoms with E-state index in [1.807, 2.05) is 32.0 Å². The minimum Gasteiger partial charge on any atom is -0.387 e. The van der Waals surface area contributed by atoms with Gasteiger partial charge in [-0.05, 0) is 26.0 Å². The van der Waals surface area contributed by atoms with Crippen LogP contribution in [0.3, 0.4) is 0 Å². The Hall–Kier alpha value is -1.70. The van der Waals surface area contributed by atoms with Gasteiger partial charge in [0.1, 0.15) is 0 Å². The number of β-amino-alcohol motifs (C(OH)–C–C–N with tert-alkyl or cyclic N) is 1. The topological polar surface area (TPSA) is 82.0 Å². The lowest BCUT2D eigenvalue weighted by atomic mass is 10.1. The van der Waals surface area contributed by atoms with Crippen molar-refractivity contribution in [1.82, 2.24) is 20.5 Å². The van der Waals surface area contributed by atoms with Crippen LogP contribution in [-0.4, -0.2) is 72.5 Å². The Kier molecular flexibility index (Phi) is 7.42. The zero-order valence-electron chi connectivity index (χ0n) is 14.7. The van der Waals surface area contributed by atoms with Crippen LogP contribution in [0.15, 0.2) is 29.4 Å². The molecule has 7 nitrogen and oxygen atoms in total. The first kappa shape index (κ1) is 18.6. The summed E-state index contributed by atoms with van der Waals surface area (Å²) in [5, 5.41) is 17.0. The Morgan fingerprint density at radius 2 is 2.17 bits per heavy atom. The van der Waals surface area contributed by atoms with Crippen molar-refractivity contribution in [2.75, 3.05) is 45.9 Å². The quantitative estimate of drug-likeness (QED) is 0.488. The van der Waals surface area contributed by atoms with E-state index in [0.717, 1.165) is 38.5 Å². The minimum absolute atomic E-state index is 0.429. The third-order valence-corrected chi connectivity index (χ3v) is 3.77. The molecule has 0 spiro atoms. The van der Waals surface area contributed by atoms with Crippen molar-refractivity contribution in [2.24, 2.45) is 4.99 Å². The van der Waals surface area contributed by atoms with Gasteiger partial charge in [-0.25, -0.2) is 4.99 Å². The lowest BCUT2D eigenvalue weighted by molar-refractivity contribution is -0.0201. The zero-order chi connectivity index (χ0) is 17.3. The molecular weight excluding hydrogens is 306 g/mol. The maximum Gasteiger partial charge on any atom is 0.191 e. The highest BCUT2D eigenvalue weighted by Crippen LogP contribution is 2.07. The predicted molar refractivity (Wildman–Crippen MR) is 94.9 cm³/mol. The fourth-order valence-electron chi connectivity index (χ4n) is 2.56. The summed E-state index contributed by atoms with van der Waals surface area (Å²) < 4.78 is 5.34. The Labute approximate surface area is 144 Å². The van der Waals surface area contributed by atoms with Gasteiger partial charge in [-0.15, -0.1) is 0 Å². The molecule has 1 fully saturated rings. The summed E-state index contributed by atoms with van der Waals surface area (Å²) in [5.74, 6) is 0.686. The summed E-state index contributed by atoms with van der Waals surface area (Å²) in [6.45, 7) is 9.37. The van der Waals surface area contributed by atoms with Crippen molar-refractivity contribution in [3.8, 4) is 0 Å². The van der Waals surface area contributed by atoms with Gasteiger partial charge in [0.25, 0.3) is 0 Å². The molecule has 0 bridgehead atoms. The average molecular weight is 335 g/mol. The van der Waals surface area contributed by atoms with Gasteiger partial charge in [0.15, 0.2) is 5.96 Å². The first-order valence-corrected chi connectivity index (χ1v) is 8.53. The van der Waals surface area contributed by atoms with Crippen LogP contribution < -0.4 is 10.6 Å². The summed E-state index contributed by atoms with van der Waals surface area (Å²) in [5.41, 5.74) is 0.0770. The number of nitrogens with one attached hydrogen (secondary N) is 2. The molecule has 1 aliphatic rings. The van der Waals surface area contributed by atoms with E-state index in [1.165, 1.54) is 0 Å². The number of pyridine rings is 1. The molecule has 2 rings (SSSR count). The van der Waals surface area contributed by atoms with Crippen molar-refractivity contribution >= 4 is 5.96 Å². The number of guanidine groups is 1. The predicted octanol–water partition coefficient (Wildman–Crippen LogP) is 0.220. The molecule has 134 valence electrons. The normalized spacial score (nSPS) is 18.9. The SMILES string of the molecule is CCNC(=NCc1ccccn1)NCC(C)(O)CN1CCOCC1. The fraction of sp³-hybridized carbons (Fsp3) is 0.647.